The maximum absolute atomic E-state index is 12.1. The molecule has 0 bridgehead atoms. The Balaban J connectivity index is 2.19. The number of halogens is 1. The average Bonchev–Trinajstić information content (AvgIpc) is 2.59. The van der Waals surface area contributed by atoms with Crippen molar-refractivity contribution in [2.24, 2.45) is 7.05 Å². The molecule has 4 nitrogen and oxygen atoms in total. The van der Waals surface area contributed by atoms with E-state index in [2.05, 4.69) is 26.2 Å². The number of nitrogens with zero attached hydrogens (tertiary/aromatic N) is 3. The van der Waals surface area contributed by atoms with Crippen LogP contribution in [0, 0.1) is 0 Å². The van der Waals surface area contributed by atoms with E-state index in [1.165, 1.54) is 4.68 Å². The second kappa shape index (κ2) is 4.88. The van der Waals surface area contributed by atoms with Crippen LogP contribution in [0.4, 0.5) is 0 Å². The van der Waals surface area contributed by atoms with E-state index in [0.717, 1.165) is 17.3 Å². The van der Waals surface area contributed by atoms with Gasteiger partial charge in [-0.25, -0.2) is 4.68 Å². The minimum Gasteiger partial charge on any atom is -0.291 e. The third-order valence-electron chi connectivity index (χ3n) is 2.13. The maximum Gasteiger partial charge on any atom is 0.197 e. The molecule has 1 saturated heterocycles. The highest BCUT2D eigenvalue weighted by Gasteiger charge is 2.27. The highest BCUT2D eigenvalue weighted by atomic mass is 79.9. The molecule has 0 amide bonds. The monoisotopic (exact) mass is 307 g/mol. The van der Waals surface area contributed by atoms with Gasteiger partial charge in [0.25, 0.3) is 0 Å². The molecule has 1 aromatic heterocycles. The first-order valence-electron chi connectivity index (χ1n) is 4.49. The fourth-order valence-electron chi connectivity index (χ4n) is 1.38. The van der Waals surface area contributed by atoms with E-state index in [-0.39, 0.29) is 11.0 Å². The molecule has 0 spiro atoms. The van der Waals surface area contributed by atoms with Crippen molar-refractivity contribution in [1.29, 1.82) is 0 Å². The van der Waals surface area contributed by atoms with E-state index >= 15 is 0 Å². The summed E-state index contributed by atoms with van der Waals surface area (Å²) in [5.41, 5.74) is 0.579. The number of carbonyl (C=O) groups excluding carboxylic acids is 1. The molecule has 1 atom stereocenters. The van der Waals surface area contributed by atoms with E-state index < -0.39 is 0 Å². The summed E-state index contributed by atoms with van der Waals surface area (Å²) >= 11 is 6.81. The van der Waals surface area contributed by atoms with Crippen LogP contribution in [0.5, 0.6) is 0 Å². The Morgan fingerprint density at radius 3 is 2.93 bits per heavy atom. The molecular formula is C8H10BrN3OS2. The van der Waals surface area contributed by atoms with Gasteiger partial charge in [0.05, 0.1) is 5.25 Å². The third kappa shape index (κ3) is 2.39. The van der Waals surface area contributed by atoms with E-state index in [0.29, 0.717) is 10.3 Å². The van der Waals surface area contributed by atoms with Crippen molar-refractivity contribution in [2.45, 2.75) is 5.25 Å². The molecule has 1 aromatic rings. The number of hydrogen-bond acceptors (Lipinski definition) is 5. The fraction of sp³-hybridized carbons (Fsp3) is 0.625. The fourth-order valence-corrected chi connectivity index (χ4v) is 4.52. The van der Waals surface area contributed by atoms with Crippen molar-refractivity contribution < 1.29 is 4.79 Å². The average molecular weight is 308 g/mol. The molecule has 7 heteroatoms. The molecule has 0 aromatic carbocycles. The molecule has 82 valence electrons. The predicted octanol–water partition coefficient (Wildman–Crippen LogP) is 1.61. The Bertz CT molecular complexity index is 356. The van der Waals surface area contributed by atoms with Crippen LogP contribution in [0.15, 0.2) is 4.60 Å². The Morgan fingerprint density at radius 2 is 2.40 bits per heavy atom. The van der Waals surface area contributed by atoms with Gasteiger partial charge in [0.1, 0.15) is 5.69 Å². The first-order valence-corrected chi connectivity index (χ1v) is 7.48. The van der Waals surface area contributed by atoms with E-state index in [1.807, 2.05) is 11.8 Å². The smallest absolute Gasteiger partial charge is 0.197 e. The SMILES string of the molecule is Cn1nnc(Br)c1C(=O)C1CSCCS1. The minimum absolute atomic E-state index is 0.0530. The molecule has 0 saturated carbocycles. The predicted molar refractivity (Wildman–Crippen MR) is 66.6 cm³/mol. The molecule has 1 aliphatic rings. The molecule has 15 heavy (non-hydrogen) atoms. The van der Waals surface area contributed by atoms with E-state index in [9.17, 15) is 4.79 Å². The van der Waals surface area contributed by atoms with Crippen LogP contribution in [-0.2, 0) is 7.05 Å². The lowest BCUT2D eigenvalue weighted by Crippen LogP contribution is -2.26. The van der Waals surface area contributed by atoms with Crippen LogP contribution in [0.3, 0.4) is 0 Å². The second-order valence-electron chi connectivity index (χ2n) is 3.15. The lowest BCUT2D eigenvalue weighted by Gasteiger charge is -2.19. The van der Waals surface area contributed by atoms with Gasteiger partial charge in [0.2, 0.25) is 0 Å². The Kier molecular flexibility index (Phi) is 3.73. The molecule has 1 fully saturated rings. The van der Waals surface area contributed by atoms with Crippen molar-refractivity contribution in [3.05, 3.63) is 10.3 Å². The number of aromatic nitrogens is 3. The summed E-state index contributed by atoms with van der Waals surface area (Å²) in [5.74, 6) is 3.20. The molecule has 2 heterocycles. The summed E-state index contributed by atoms with van der Waals surface area (Å²) < 4.78 is 2.08. The lowest BCUT2D eigenvalue weighted by atomic mass is 10.2. The highest BCUT2D eigenvalue weighted by Crippen LogP contribution is 2.28. The first-order chi connectivity index (χ1) is 7.20. The minimum atomic E-state index is 0.0530. The van der Waals surface area contributed by atoms with Crippen molar-refractivity contribution in [3.63, 3.8) is 0 Å². The van der Waals surface area contributed by atoms with Gasteiger partial charge in [0, 0.05) is 24.3 Å². The first kappa shape index (κ1) is 11.5. The summed E-state index contributed by atoms with van der Waals surface area (Å²) in [5, 5.41) is 7.69. The van der Waals surface area contributed by atoms with Crippen LogP contribution in [0.1, 0.15) is 10.5 Å². The normalized spacial score (nSPS) is 21.6. The Hall–Kier alpha value is -0.0100. The number of aryl methyl sites for hydroxylation is 1. The van der Waals surface area contributed by atoms with E-state index in [1.54, 1.807) is 18.8 Å². The summed E-state index contributed by atoms with van der Waals surface area (Å²) in [4.78, 5) is 12.1. The standard InChI is InChI=1S/C8H10BrN3OS2/c1-12-6(8(9)10-11-12)7(13)5-4-14-2-3-15-5/h5H,2-4H2,1H3. The van der Waals surface area contributed by atoms with Gasteiger partial charge < -0.3 is 0 Å². The summed E-state index contributed by atoms with van der Waals surface area (Å²) in [6.45, 7) is 0. The number of carbonyl (C=O) groups is 1. The van der Waals surface area contributed by atoms with Gasteiger partial charge >= 0.3 is 0 Å². The van der Waals surface area contributed by atoms with E-state index in [4.69, 9.17) is 0 Å². The number of ketones is 1. The zero-order valence-electron chi connectivity index (χ0n) is 8.14. The van der Waals surface area contributed by atoms with Crippen molar-refractivity contribution >= 4 is 45.2 Å². The molecule has 0 aliphatic carbocycles. The zero-order valence-corrected chi connectivity index (χ0v) is 11.4. The van der Waals surface area contributed by atoms with Gasteiger partial charge in [-0.15, -0.1) is 16.9 Å². The van der Waals surface area contributed by atoms with Crippen molar-refractivity contribution in [1.82, 2.24) is 15.0 Å². The number of thioether (sulfide) groups is 2. The lowest BCUT2D eigenvalue weighted by molar-refractivity contribution is 0.0985. The van der Waals surface area contributed by atoms with Gasteiger partial charge in [-0.2, -0.15) is 11.8 Å². The molecule has 1 unspecified atom stereocenters. The van der Waals surface area contributed by atoms with Crippen LogP contribution in [0.2, 0.25) is 0 Å². The van der Waals surface area contributed by atoms with Gasteiger partial charge in [0.15, 0.2) is 10.4 Å². The molecular weight excluding hydrogens is 298 g/mol. The number of rotatable bonds is 2. The number of Topliss-reactive ketones (excluding diaryl/α,β-unsaturated/α-hetero) is 1. The van der Waals surface area contributed by atoms with Crippen LogP contribution >= 0.6 is 39.5 Å². The third-order valence-corrected chi connectivity index (χ3v) is 5.42. The second-order valence-corrected chi connectivity index (χ2v) is 6.36. The van der Waals surface area contributed by atoms with Crippen LogP contribution in [0.25, 0.3) is 0 Å². The largest absolute Gasteiger partial charge is 0.291 e. The molecule has 2 rings (SSSR count). The topological polar surface area (TPSA) is 47.8 Å². The summed E-state index contributed by atoms with van der Waals surface area (Å²) in [6.07, 6.45) is 0. The van der Waals surface area contributed by atoms with Crippen LogP contribution in [-0.4, -0.2) is 43.3 Å². The maximum atomic E-state index is 12.1. The quantitative estimate of drug-likeness (QED) is 0.777. The Labute approximate surface area is 105 Å². The highest BCUT2D eigenvalue weighted by molar-refractivity contribution is 9.10. The van der Waals surface area contributed by atoms with Crippen LogP contribution < -0.4 is 0 Å². The van der Waals surface area contributed by atoms with Gasteiger partial charge in [-0.05, 0) is 15.9 Å². The zero-order chi connectivity index (χ0) is 10.8. The summed E-state index contributed by atoms with van der Waals surface area (Å²) in [7, 11) is 1.74. The molecule has 0 N–H and O–H groups in total. The molecule has 0 radical (unpaired) electrons. The van der Waals surface area contributed by atoms with Crippen molar-refractivity contribution in [2.75, 3.05) is 17.3 Å². The van der Waals surface area contributed by atoms with Crippen molar-refractivity contribution in [3.8, 4) is 0 Å². The Morgan fingerprint density at radius 1 is 1.60 bits per heavy atom. The molecule has 1 aliphatic heterocycles. The number of hydrogen-bond donors (Lipinski definition) is 0. The van der Waals surface area contributed by atoms with Gasteiger partial charge in [-0.3, -0.25) is 4.79 Å². The van der Waals surface area contributed by atoms with Gasteiger partial charge in [-0.1, -0.05) is 5.21 Å². The summed E-state index contributed by atoms with van der Waals surface area (Å²) in [6, 6.07) is 0.